The Hall–Kier alpha value is -1.85. The number of carbonyl (C=O) groups excluding carboxylic acids is 3. The maximum Gasteiger partial charge on any atom is 0.344 e. The molecule has 0 unspecified atom stereocenters. The van der Waals surface area contributed by atoms with Crippen LogP contribution in [-0.2, 0) is 28.6 Å². The average Bonchev–Trinajstić information content (AvgIpc) is 2.20. The maximum absolute atomic E-state index is 10.8. The zero-order valence-corrected chi connectivity index (χ0v) is 8.36. The van der Waals surface area contributed by atoms with Crippen molar-refractivity contribution in [2.75, 3.05) is 19.8 Å². The van der Waals surface area contributed by atoms with Crippen molar-refractivity contribution in [1.82, 2.24) is 0 Å². The first-order valence-corrected chi connectivity index (χ1v) is 4.11. The molecule has 0 heterocycles. The fourth-order valence-corrected chi connectivity index (χ4v) is 0.557. The molecule has 0 bridgehead atoms. The number of rotatable bonds is 7. The Morgan fingerprint density at radius 2 is 1.87 bits per heavy atom. The van der Waals surface area contributed by atoms with Crippen LogP contribution in [0.2, 0.25) is 0 Å². The quantitative estimate of drug-likeness (QED) is 0.193. The van der Waals surface area contributed by atoms with Gasteiger partial charge in [-0.25, -0.2) is 9.59 Å². The number of hydrogen-bond acceptors (Lipinski definition) is 6. The van der Waals surface area contributed by atoms with Crippen LogP contribution in [0.5, 0.6) is 0 Å². The van der Waals surface area contributed by atoms with Gasteiger partial charge in [-0.2, -0.15) is 0 Å². The fourth-order valence-electron chi connectivity index (χ4n) is 0.557. The number of ether oxygens (including phenoxy) is 3. The second kappa shape index (κ2) is 7.54. The topological polar surface area (TPSA) is 78.9 Å². The Balaban J connectivity index is 3.46. The van der Waals surface area contributed by atoms with Crippen LogP contribution in [0, 0.1) is 0 Å². The Morgan fingerprint density at radius 3 is 2.40 bits per heavy atom. The molecule has 0 aromatic carbocycles. The first kappa shape index (κ1) is 13.2. The second-order valence-corrected chi connectivity index (χ2v) is 2.54. The van der Waals surface area contributed by atoms with Crippen molar-refractivity contribution in [3.8, 4) is 0 Å². The van der Waals surface area contributed by atoms with Gasteiger partial charge >= 0.3 is 11.9 Å². The van der Waals surface area contributed by atoms with Gasteiger partial charge in [0.25, 0.3) is 6.47 Å². The van der Waals surface area contributed by atoms with Gasteiger partial charge in [0.2, 0.25) is 0 Å². The van der Waals surface area contributed by atoms with Crippen LogP contribution in [0.15, 0.2) is 12.2 Å². The smallest absolute Gasteiger partial charge is 0.344 e. The Morgan fingerprint density at radius 1 is 1.27 bits per heavy atom. The average molecular weight is 216 g/mol. The molecule has 0 rings (SSSR count). The molecule has 0 aliphatic carbocycles. The minimum atomic E-state index is -0.700. The van der Waals surface area contributed by atoms with Gasteiger partial charge in [0.1, 0.15) is 13.2 Å². The molecule has 0 N–H and O–H groups in total. The van der Waals surface area contributed by atoms with Crippen molar-refractivity contribution in [2.45, 2.75) is 6.92 Å². The lowest BCUT2D eigenvalue weighted by atomic mass is 10.4. The maximum atomic E-state index is 10.8. The molecule has 84 valence electrons. The lowest BCUT2D eigenvalue weighted by Crippen LogP contribution is -2.17. The third kappa shape index (κ3) is 7.24. The molecule has 0 atom stereocenters. The van der Waals surface area contributed by atoms with Gasteiger partial charge in [-0.05, 0) is 6.92 Å². The lowest BCUT2D eigenvalue weighted by molar-refractivity contribution is -0.156. The van der Waals surface area contributed by atoms with Crippen LogP contribution in [0.1, 0.15) is 6.92 Å². The zero-order valence-electron chi connectivity index (χ0n) is 8.36. The lowest BCUT2D eigenvalue weighted by Gasteiger charge is -2.05. The molecular weight excluding hydrogens is 204 g/mol. The van der Waals surface area contributed by atoms with E-state index >= 15 is 0 Å². The highest BCUT2D eigenvalue weighted by Crippen LogP contribution is 1.91. The van der Waals surface area contributed by atoms with Gasteiger partial charge in [-0.1, -0.05) is 6.58 Å². The molecule has 0 amide bonds. The normalized spacial score (nSPS) is 8.87. The molecule has 0 radical (unpaired) electrons. The van der Waals surface area contributed by atoms with Crippen LogP contribution in [-0.4, -0.2) is 38.2 Å². The van der Waals surface area contributed by atoms with Crippen LogP contribution >= 0.6 is 0 Å². The van der Waals surface area contributed by atoms with Gasteiger partial charge in [0, 0.05) is 5.57 Å². The van der Waals surface area contributed by atoms with E-state index in [1.165, 1.54) is 6.92 Å². The second-order valence-electron chi connectivity index (χ2n) is 2.54. The summed E-state index contributed by atoms with van der Waals surface area (Å²) in [7, 11) is 0. The molecule has 0 aromatic heterocycles. The first-order valence-electron chi connectivity index (χ1n) is 4.11. The summed E-state index contributed by atoms with van der Waals surface area (Å²) < 4.78 is 13.3. The zero-order chi connectivity index (χ0) is 11.7. The third-order valence-corrected chi connectivity index (χ3v) is 1.20. The van der Waals surface area contributed by atoms with E-state index < -0.39 is 18.5 Å². The third-order valence-electron chi connectivity index (χ3n) is 1.20. The number of esters is 2. The van der Waals surface area contributed by atoms with Crippen LogP contribution in [0.25, 0.3) is 0 Å². The van der Waals surface area contributed by atoms with E-state index in [9.17, 15) is 14.4 Å². The highest BCUT2D eigenvalue weighted by atomic mass is 16.6. The molecule has 15 heavy (non-hydrogen) atoms. The SMILES string of the molecule is C=C(C)C(=O)OCCOC(=O)COC=O. The summed E-state index contributed by atoms with van der Waals surface area (Å²) in [4.78, 5) is 31.2. The van der Waals surface area contributed by atoms with E-state index in [1.807, 2.05) is 0 Å². The van der Waals surface area contributed by atoms with Gasteiger partial charge in [-0.3, -0.25) is 4.79 Å². The molecule has 0 aliphatic heterocycles. The van der Waals surface area contributed by atoms with E-state index in [4.69, 9.17) is 0 Å². The number of hydrogen-bond donors (Lipinski definition) is 0. The minimum Gasteiger partial charge on any atom is -0.460 e. The van der Waals surface area contributed by atoms with Crippen molar-refractivity contribution in [1.29, 1.82) is 0 Å². The van der Waals surface area contributed by atoms with E-state index in [-0.39, 0.29) is 25.3 Å². The van der Waals surface area contributed by atoms with Crippen LogP contribution < -0.4 is 0 Å². The molecule has 0 aliphatic rings. The van der Waals surface area contributed by atoms with E-state index in [2.05, 4.69) is 20.8 Å². The standard InChI is InChI=1S/C9H12O6/c1-7(2)9(12)15-4-3-14-8(11)5-13-6-10/h6H,1,3-5H2,2H3. The summed E-state index contributed by atoms with van der Waals surface area (Å²) in [5.74, 6) is -1.25. The molecule has 0 saturated heterocycles. The molecule has 0 fully saturated rings. The summed E-state index contributed by atoms with van der Waals surface area (Å²) in [6.07, 6.45) is 0. The highest BCUT2D eigenvalue weighted by molar-refractivity contribution is 5.86. The summed E-state index contributed by atoms with van der Waals surface area (Å²) >= 11 is 0. The van der Waals surface area contributed by atoms with Crippen LogP contribution in [0.4, 0.5) is 0 Å². The predicted molar refractivity (Wildman–Crippen MR) is 48.7 cm³/mol. The van der Waals surface area contributed by atoms with E-state index in [1.54, 1.807) is 0 Å². The van der Waals surface area contributed by atoms with Crippen LogP contribution in [0.3, 0.4) is 0 Å². The molecule has 6 heteroatoms. The largest absolute Gasteiger partial charge is 0.460 e. The molecular formula is C9H12O6. The molecule has 0 saturated carbocycles. The van der Waals surface area contributed by atoms with Gasteiger partial charge in [-0.15, -0.1) is 0 Å². The van der Waals surface area contributed by atoms with Gasteiger partial charge in [0.15, 0.2) is 6.61 Å². The molecule has 0 aromatic rings. The van der Waals surface area contributed by atoms with Crippen molar-refractivity contribution in [3.05, 3.63) is 12.2 Å². The summed E-state index contributed by atoms with van der Waals surface area (Å²) in [5, 5.41) is 0. The summed E-state index contributed by atoms with van der Waals surface area (Å²) in [5.41, 5.74) is 0.269. The summed E-state index contributed by atoms with van der Waals surface area (Å²) in [6.45, 7) is 4.43. The van der Waals surface area contributed by atoms with Crippen molar-refractivity contribution in [2.24, 2.45) is 0 Å². The van der Waals surface area contributed by atoms with E-state index in [0.29, 0.717) is 0 Å². The first-order chi connectivity index (χ1) is 7.07. The van der Waals surface area contributed by atoms with Crippen molar-refractivity contribution in [3.63, 3.8) is 0 Å². The monoisotopic (exact) mass is 216 g/mol. The highest BCUT2D eigenvalue weighted by Gasteiger charge is 2.05. The Kier molecular flexibility index (Phi) is 6.61. The number of carbonyl (C=O) groups is 3. The Bertz CT molecular complexity index is 257. The fraction of sp³-hybridized carbons (Fsp3) is 0.444. The van der Waals surface area contributed by atoms with Crippen molar-refractivity contribution < 1.29 is 28.6 Å². The van der Waals surface area contributed by atoms with E-state index in [0.717, 1.165) is 0 Å². The molecule has 6 nitrogen and oxygen atoms in total. The minimum absolute atomic E-state index is 0.0570. The summed E-state index contributed by atoms with van der Waals surface area (Å²) in [6, 6.07) is 0. The van der Waals surface area contributed by atoms with Gasteiger partial charge < -0.3 is 14.2 Å². The van der Waals surface area contributed by atoms with Crippen molar-refractivity contribution >= 4 is 18.4 Å². The molecule has 0 spiro atoms. The Labute approximate surface area is 86.8 Å². The predicted octanol–water partition coefficient (Wildman–Crippen LogP) is -0.178. The van der Waals surface area contributed by atoms with Gasteiger partial charge in [0.05, 0.1) is 0 Å².